The predicted octanol–water partition coefficient (Wildman–Crippen LogP) is 3.35. The van der Waals surface area contributed by atoms with Gasteiger partial charge in [-0.25, -0.2) is 9.88 Å². The second kappa shape index (κ2) is 11.9. The average Bonchev–Trinajstić information content (AvgIpc) is 2.92. The first-order chi connectivity index (χ1) is 19.1. The zero-order chi connectivity index (χ0) is 29.0. The number of carbonyl (C=O) groups is 2. The summed E-state index contributed by atoms with van der Waals surface area (Å²) < 4.78 is 11.7. The number of ether oxygens (including phenoxy) is 2. The molecule has 40 heavy (non-hydrogen) atoms. The maximum absolute atomic E-state index is 13.2. The standard InChI is InChI=1S/C27H23N5O6S2/c1-15(7-9-19-22(33)29-26(39)31(24(19)35)16-5-4-6-17(13-16)37-2)8-10-20-23(34)30-27(40)32(25(20)36)21-14-18(38-3)11-12-28-21/h4-14,35H,1-3H3,(H,29,33,39)(H,30,34,40)/b9-7+,15-8+,20-10+. The minimum atomic E-state index is -0.670. The van der Waals surface area contributed by atoms with Gasteiger partial charge in [-0.3, -0.25) is 29.3 Å². The molecule has 1 aromatic carbocycles. The van der Waals surface area contributed by atoms with Crippen LogP contribution in [0.4, 0.5) is 5.82 Å². The fraction of sp³-hybridized carbons (Fsp3) is 0.111. The Morgan fingerprint density at radius 2 is 1.80 bits per heavy atom. The van der Waals surface area contributed by atoms with E-state index >= 15 is 0 Å². The second-order valence-corrected chi connectivity index (χ2v) is 9.08. The van der Waals surface area contributed by atoms with E-state index in [1.807, 2.05) is 0 Å². The maximum Gasteiger partial charge on any atom is 0.271 e. The van der Waals surface area contributed by atoms with Crippen molar-refractivity contribution in [3.8, 4) is 23.1 Å². The lowest BCUT2D eigenvalue weighted by Crippen LogP contribution is -2.54. The quantitative estimate of drug-likeness (QED) is 0.167. The first kappa shape index (κ1) is 28.1. The van der Waals surface area contributed by atoms with Gasteiger partial charge in [0.2, 0.25) is 5.88 Å². The molecule has 3 aromatic rings. The van der Waals surface area contributed by atoms with E-state index in [0.29, 0.717) is 22.8 Å². The topological polar surface area (TPSA) is 139 Å². The van der Waals surface area contributed by atoms with Gasteiger partial charge in [0.1, 0.15) is 28.5 Å². The third-order valence-electron chi connectivity index (χ3n) is 5.74. The molecular weight excluding hydrogens is 554 g/mol. The van der Waals surface area contributed by atoms with Crippen LogP contribution >= 0.6 is 24.4 Å². The molecule has 0 spiro atoms. The number of rotatable bonds is 7. The average molecular weight is 578 g/mol. The van der Waals surface area contributed by atoms with Crippen molar-refractivity contribution in [2.24, 2.45) is 0 Å². The van der Waals surface area contributed by atoms with Gasteiger partial charge in [0.15, 0.2) is 9.88 Å². The van der Waals surface area contributed by atoms with Gasteiger partial charge in [0.05, 0.1) is 19.9 Å². The molecular formula is C27H23N5O6S2. The van der Waals surface area contributed by atoms with Gasteiger partial charge in [0.25, 0.3) is 17.4 Å². The third-order valence-corrected chi connectivity index (χ3v) is 6.31. The molecule has 4 rings (SSSR count). The summed E-state index contributed by atoms with van der Waals surface area (Å²) in [7, 11) is 2.98. The normalized spacial score (nSPS) is 15.1. The Labute approximate surface area is 238 Å². The monoisotopic (exact) mass is 577 g/mol. The molecule has 0 radical (unpaired) electrons. The Hall–Kier alpha value is -4.88. The van der Waals surface area contributed by atoms with E-state index in [9.17, 15) is 19.5 Å². The Bertz CT molecular complexity index is 1740. The third kappa shape index (κ3) is 5.75. The van der Waals surface area contributed by atoms with Crippen molar-refractivity contribution in [2.75, 3.05) is 19.1 Å². The van der Waals surface area contributed by atoms with E-state index in [1.165, 1.54) is 55.4 Å². The van der Waals surface area contributed by atoms with E-state index in [2.05, 4.69) is 15.3 Å². The van der Waals surface area contributed by atoms with Crippen LogP contribution in [0.3, 0.4) is 0 Å². The summed E-state index contributed by atoms with van der Waals surface area (Å²) in [6.45, 7) is 1.69. The lowest BCUT2D eigenvalue weighted by Gasteiger charge is -2.27. The van der Waals surface area contributed by atoms with E-state index in [4.69, 9.17) is 33.9 Å². The van der Waals surface area contributed by atoms with Crippen LogP contribution in [0.2, 0.25) is 0 Å². The molecule has 1 aliphatic heterocycles. The number of benzene rings is 1. The van der Waals surface area contributed by atoms with Gasteiger partial charge in [-0.2, -0.15) is 0 Å². The van der Waals surface area contributed by atoms with Crippen LogP contribution in [0.1, 0.15) is 12.5 Å². The Kier molecular flexibility index (Phi) is 8.36. The molecule has 0 saturated carbocycles. The van der Waals surface area contributed by atoms with Gasteiger partial charge in [-0.1, -0.05) is 23.8 Å². The lowest BCUT2D eigenvalue weighted by molar-refractivity contribution is -0.122. The molecule has 1 saturated heterocycles. The fourth-order valence-electron chi connectivity index (χ4n) is 3.70. The summed E-state index contributed by atoms with van der Waals surface area (Å²) in [4.78, 5) is 46.1. The number of nitrogens with zero attached hydrogens (tertiary/aromatic N) is 3. The Morgan fingerprint density at radius 3 is 2.52 bits per heavy atom. The number of carbonyl (C=O) groups excluding carboxylic acids is 2. The number of H-pyrrole nitrogens is 1. The molecule has 204 valence electrons. The first-order valence-electron chi connectivity index (χ1n) is 11.6. The molecule has 11 nitrogen and oxygen atoms in total. The van der Waals surface area contributed by atoms with Crippen LogP contribution in [0.15, 0.2) is 76.8 Å². The molecule has 3 N–H and O–H groups in total. The summed E-state index contributed by atoms with van der Waals surface area (Å²) >= 11 is 10.4. The van der Waals surface area contributed by atoms with Crippen molar-refractivity contribution in [2.45, 2.75) is 6.92 Å². The minimum absolute atomic E-state index is 0.000261. The molecule has 2 aromatic heterocycles. The smallest absolute Gasteiger partial charge is 0.271 e. The van der Waals surface area contributed by atoms with E-state index in [1.54, 1.807) is 37.3 Å². The molecule has 0 bridgehead atoms. The molecule has 0 aliphatic carbocycles. The van der Waals surface area contributed by atoms with Crippen LogP contribution in [0.5, 0.6) is 17.4 Å². The maximum atomic E-state index is 13.2. The number of anilines is 1. The zero-order valence-corrected chi connectivity index (χ0v) is 23.1. The van der Waals surface area contributed by atoms with Crippen molar-refractivity contribution in [3.05, 3.63) is 92.7 Å². The van der Waals surface area contributed by atoms with Gasteiger partial charge in [-0.15, -0.1) is 0 Å². The number of allylic oxidation sites excluding steroid dienone is 4. The number of pyridine rings is 1. The fourth-order valence-corrected chi connectivity index (χ4v) is 4.25. The van der Waals surface area contributed by atoms with Crippen molar-refractivity contribution >= 4 is 53.3 Å². The summed E-state index contributed by atoms with van der Waals surface area (Å²) in [5, 5.41) is 13.3. The molecule has 13 heteroatoms. The number of nitrogens with one attached hydrogen (secondary N) is 2. The number of amides is 2. The molecule has 0 atom stereocenters. The molecule has 1 aliphatic rings. The number of aromatic nitrogens is 3. The number of methoxy groups -OCH3 is 2. The van der Waals surface area contributed by atoms with Crippen LogP contribution in [-0.2, 0) is 9.59 Å². The van der Waals surface area contributed by atoms with Crippen molar-refractivity contribution < 1.29 is 24.2 Å². The first-order valence-corrected chi connectivity index (χ1v) is 12.5. The number of hydrogen-bond donors (Lipinski definition) is 3. The molecule has 2 amide bonds. The van der Waals surface area contributed by atoms with Crippen LogP contribution in [0, 0.1) is 4.77 Å². The number of aromatic amines is 1. The van der Waals surface area contributed by atoms with E-state index < -0.39 is 17.4 Å². The minimum Gasteiger partial charge on any atom is -0.497 e. The number of hydrogen-bond acceptors (Lipinski definition) is 9. The highest BCUT2D eigenvalue weighted by Gasteiger charge is 2.35. The SMILES string of the molecule is COc1cccc(-n2c(O)c(/C=C/C(C)=C/C=C3\C(=O)NC(=S)N(c4cc(OC)ccn4)C3=O)c(=O)[nH]c2=S)c1. The van der Waals surface area contributed by atoms with Crippen LogP contribution in [-0.4, -0.2) is 50.8 Å². The van der Waals surface area contributed by atoms with Gasteiger partial charge in [0, 0.05) is 18.3 Å². The largest absolute Gasteiger partial charge is 0.497 e. The van der Waals surface area contributed by atoms with Gasteiger partial charge in [-0.05, 0) is 61.7 Å². The van der Waals surface area contributed by atoms with Gasteiger partial charge < -0.3 is 14.6 Å². The van der Waals surface area contributed by atoms with Crippen LogP contribution < -0.4 is 25.2 Å². The Morgan fingerprint density at radius 1 is 1.07 bits per heavy atom. The lowest BCUT2D eigenvalue weighted by atomic mass is 10.1. The van der Waals surface area contributed by atoms with Crippen molar-refractivity contribution in [1.82, 2.24) is 19.9 Å². The summed E-state index contributed by atoms with van der Waals surface area (Å²) in [5.74, 6) is -0.532. The van der Waals surface area contributed by atoms with Crippen LogP contribution in [0.25, 0.3) is 11.8 Å². The second-order valence-electron chi connectivity index (χ2n) is 8.31. The Balaban J connectivity index is 1.65. The highest BCUT2D eigenvalue weighted by atomic mass is 32.1. The highest BCUT2D eigenvalue weighted by molar-refractivity contribution is 7.80. The van der Waals surface area contributed by atoms with Crippen molar-refractivity contribution in [1.29, 1.82) is 0 Å². The summed E-state index contributed by atoms with van der Waals surface area (Å²) in [6.07, 6.45) is 7.23. The van der Waals surface area contributed by atoms with E-state index in [0.717, 1.165) is 4.90 Å². The zero-order valence-electron chi connectivity index (χ0n) is 21.5. The highest BCUT2D eigenvalue weighted by Crippen LogP contribution is 2.25. The number of aromatic hydroxyl groups is 1. The summed E-state index contributed by atoms with van der Waals surface area (Å²) in [5.41, 5.74) is 0.212. The van der Waals surface area contributed by atoms with Gasteiger partial charge >= 0.3 is 0 Å². The van der Waals surface area contributed by atoms with Crippen molar-refractivity contribution in [3.63, 3.8) is 0 Å². The molecule has 0 unspecified atom stereocenters. The molecule has 1 fully saturated rings. The predicted molar refractivity (Wildman–Crippen MR) is 155 cm³/mol. The number of thiocarbonyl (C=S) groups is 1. The molecule has 3 heterocycles. The summed E-state index contributed by atoms with van der Waals surface area (Å²) in [6, 6.07) is 9.93. The van der Waals surface area contributed by atoms with E-state index in [-0.39, 0.29) is 32.7 Å².